The molecule has 1 aromatic rings. The number of benzene rings is 1. The van der Waals surface area contributed by atoms with Gasteiger partial charge in [0.2, 0.25) is 15.9 Å². The zero-order valence-corrected chi connectivity index (χ0v) is 13.1. The maximum atomic E-state index is 12.1. The first-order valence-corrected chi connectivity index (χ1v) is 8.81. The minimum atomic E-state index is -3.49. The first kappa shape index (κ1) is 16.0. The van der Waals surface area contributed by atoms with Crippen LogP contribution in [0.3, 0.4) is 0 Å². The fourth-order valence-electron chi connectivity index (χ4n) is 2.80. The fraction of sp³-hybridized carbons (Fsp3) is 0.533. The van der Waals surface area contributed by atoms with Crippen molar-refractivity contribution in [1.82, 2.24) is 9.62 Å². The van der Waals surface area contributed by atoms with Crippen molar-refractivity contribution in [2.24, 2.45) is 0 Å². The quantitative estimate of drug-likeness (QED) is 0.870. The van der Waals surface area contributed by atoms with Gasteiger partial charge in [0.05, 0.1) is 4.90 Å². The van der Waals surface area contributed by atoms with Crippen LogP contribution < -0.4 is 4.72 Å². The van der Waals surface area contributed by atoms with E-state index in [0.29, 0.717) is 6.54 Å². The summed E-state index contributed by atoms with van der Waals surface area (Å²) < 4.78 is 26.7. The highest BCUT2D eigenvalue weighted by Gasteiger charge is 2.24. The molecular weight excluding hydrogens is 288 g/mol. The van der Waals surface area contributed by atoms with Gasteiger partial charge in [-0.3, -0.25) is 4.79 Å². The Morgan fingerprint density at radius 2 is 1.86 bits per heavy atom. The van der Waals surface area contributed by atoms with Crippen molar-refractivity contribution in [1.29, 1.82) is 0 Å². The zero-order chi connectivity index (χ0) is 15.3. The molecule has 1 aromatic carbocycles. The second-order valence-electron chi connectivity index (χ2n) is 5.36. The molecule has 0 saturated heterocycles. The number of carbonyl (C=O) groups excluding carboxylic acids is 1. The summed E-state index contributed by atoms with van der Waals surface area (Å²) >= 11 is 0. The zero-order valence-electron chi connectivity index (χ0n) is 12.3. The Morgan fingerprint density at radius 1 is 1.24 bits per heavy atom. The van der Waals surface area contributed by atoms with Gasteiger partial charge < -0.3 is 4.90 Å². The van der Waals surface area contributed by atoms with Crippen LogP contribution in [0.15, 0.2) is 35.2 Å². The van der Waals surface area contributed by atoms with Crippen molar-refractivity contribution < 1.29 is 13.2 Å². The van der Waals surface area contributed by atoms with Crippen LogP contribution in [0.2, 0.25) is 0 Å². The second-order valence-corrected chi connectivity index (χ2v) is 7.13. The molecule has 1 amide bonds. The van der Waals surface area contributed by atoms with E-state index in [1.54, 1.807) is 42.2 Å². The Balaban J connectivity index is 1.91. The first-order valence-electron chi connectivity index (χ1n) is 7.32. The Kier molecular flexibility index (Phi) is 5.36. The molecule has 116 valence electrons. The molecule has 0 aromatic heterocycles. The lowest BCUT2D eigenvalue weighted by Gasteiger charge is -2.27. The highest BCUT2D eigenvalue weighted by atomic mass is 32.2. The van der Waals surface area contributed by atoms with Crippen LogP contribution in [0.1, 0.15) is 32.6 Å². The minimum Gasteiger partial charge on any atom is -0.339 e. The van der Waals surface area contributed by atoms with E-state index in [4.69, 9.17) is 0 Å². The molecule has 1 N–H and O–H groups in total. The monoisotopic (exact) mass is 310 g/mol. The van der Waals surface area contributed by atoms with Gasteiger partial charge in [-0.05, 0) is 25.0 Å². The van der Waals surface area contributed by atoms with E-state index in [0.717, 1.165) is 25.7 Å². The van der Waals surface area contributed by atoms with Crippen LogP contribution in [0, 0.1) is 0 Å². The van der Waals surface area contributed by atoms with E-state index < -0.39 is 10.0 Å². The average Bonchev–Trinajstić information content (AvgIpc) is 2.98. The molecule has 0 bridgehead atoms. The van der Waals surface area contributed by atoms with E-state index >= 15 is 0 Å². The van der Waals surface area contributed by atoms with E-state index in [9.17, 15) is 13.2 Å². The van der Waals surface area contributed by atoms with Crippen molar-refractivity contribution >= 4 is 15.9 Å². The molecule has 1 aliphatic carbocycles. The topological polar surface area (TPSA) is 66.5 Å². The molecule has 0 spiro atoms. The highest BCUT2D eigenvalue weighted by Crippen LogP contribution is 2.23. The Labute approximate surface area is 126 Å². The second kappa shape index (κ2) is 7.04. The summed E-state index contributed by atoms with van der Waals surface area (Å²) in [5, 5.41) is 0. The van der Waals surface area contributed by atoms with Crippen molar-refractivity contribution in [3.63, 3.8) is 0 Å². The summed E-state index contributed by atoms with van der Waals surface area (Å²) in [4.78, 5) is 13.7. The molecule has 1 aliphatic rings. The number of nitrogens with zero attached hydrogens (tertiary/aromatic N) is 1. The lowest BCUT2D eigenvalue weighted by molar-refractivity contribution is -0.130. The summed E-state index contributed by atoms with van der Waals surface area (Å²) in [7, 11) is -3.49. The van der Waals surface area contributed by atoms with Gasteiger partial charge in [-0.1, -0.05) is 31.0 Å². The molecule has 0 unspecified atom stereocenters. The van der Waals surface area contributed by atoms with Gasteiger partial charge in [0.15, 0.2) is 0 Å². The molecule has 0 radical (unpaired) electrons. The highest BCUT2D eigenvalue weighted by molar-refractivity contribution is 7.89. The molecule has 0 heterocycles. The van der Waals surface area contributed by atoms with Crippen LogP contribution in [-0.4, -0.2) is 38.4 Å². The van der Waals surface area contributed by atoms with E-state index in [1.807, 2.05) is 0 Å². The Bertz CT molecular complexity index is 566. The maximum absolute atomic E-state index is 12.1. The number of rotatable bonds is 6. The van der Waals surface area contributed by atoms with E-state index in [2.05, 4.69) is 4.72 Å². The third-order valence-corrected chi connectivity index (χ3v) is 5.35. The van der Waals surface area contributed by atoms with Crippen molar-refractivity contribution in [2.75, 3.05) is 13.1 Å². The predicted octanol–water partition coefficient (Wildman–Crippen LogP) is 1.76. The normalized spacial score (nSPS) is 16.0. The van der Waals surface area contributed by atoms with Crippen molar-refractivity contribution in [3.05, 3.63) is 30.3 Å². The van der Waals surface area contributed by atoms with Gasteiger partial charge in [-0.15, -0.1) is 0 Å². The minimum absolute atomic E-state index is 0.0146. The standard InChI is InChI=1S/C15H22N2O3S/c1-13(18)17(14-7-5-6-8-14)12-11-16-21(19,20)15-9-3-2-4-10-15/h2-4,9-10,14,16H,5-8,11-12H2,1H3. The molecule has 21 heavy (non-hydrogen) atoms. The van der Waals surface area contributed by atoms with Gasteiger partial charge in [0.25, 0.3) is 0 Å². The smallest absolute Gasteiger partial charge is 0.240 e. The molecule has 1 fully saturated rings. The largest absolute Gasteiger partial charge is 0.339 e. The SMILES string of the molecule is CC(=O)N(CCNS(=O)(=O)c1ccccc1)C1CCCC1. The predicted molar refractivity (Wildman–Crippen MR) is 81.3 cm³/mol. The van der Waals surface area contributed by atoms with Gasteiger partial charge in [-0.2, -0.15) is 0 Å². The Hall–Kier alpha value is -1.40. The average molecular weight is 310 g/mol. The molecule has 5 nitrogen and oxygen atoms in total. The number of carbonyl (C=O) groups is 1. The molecule has 1 saturated carbocycles. The van der Waals surface area contributed by atoms with Crippen LogP contribution in [-0.2, 0) is 14.8 Å². The number of hydrogen-bond donors (Lipinski definition) is 1. The summed E-state index contributed by atoms with van der Waals surface area (Å²) in [6.07, 6.45) is 4.32. The molecule has 0 atom stereocenters. The summed E-state index contributed by atoms with van der Waals surface area (Å²) in [5.74, 6) is 0.0146. The van der Waals surface area contributed by atoms with Gasteiger partial charge in [0.1, 0.15) is 0 Å². The number of sulfonamides is 1. The van der Waals surface area contributed by atoms with Crippen LogP contribution in [0.25, 0.3) is 0 Å². The van der Waals surface area contributed by atoms with Crippen LogP contribution in [0.5, 0.6) is 0 Å². The van der Waals surface area contributed by atoms with E-state index in [-0.39, 0.29) is 23.4 Å². The van der Waals surface area contributed by atoms with Gasteiger partial charge >= 0.3 is 0 Å². The van der Waals surface area contributed by atoms with Gasteiger partial charge in [-0.25, -0.2) is 13.1 Å². The molecule has 2 rings (SSSR count). The Morgan fingerprint density at radius 3 is 2.43 bits per heavy atom. The third-order valence-electron chi connectivity index (χ3n) is 3.87. The van der Waals surface area contributed by atoms with Gasteiger partial charge in [0, 0.05) is 26.1 Å². The number of nitrogens with one attached hydrogen (secondary N) is 1. The lowest BCUT2D eigenvalue weighted by atomic mass is 10.2. The first-order chi connectivity index (χ1) is 10.0. The lowest BCUT2D eigenvalue weighted by Crippen LogP contribution is -2.42. The third kappa shape index (κ3) is 4.28. The van der Waals surface area contributed by atoms with Crippen LogP contribution in [0.4, 0.5) is 0 Å². The van der Waals surface area contributed by atoms with E-state index in [1.165, 1.54) is 0 Å². The fourth-order valence-corrected chi connectivity index (χ4v) is 3.84. The summed E-state index contributed by atoms with van der Waals surface area (Å²) in [5.41, 5.74) is 0. The number of hydrogen-bond acceptors (Lipinski definition) is 3. The summed E-state index contributed by atoms with van der Waals surface area (Å²) in [6, 6.07) is 8.54. The van der Waals surface area contributed by atoms with Crippen molar-refractivity contribution in [3.8, 4) is 0 Å². The number of amides is 1. The molecular formula is C15H22N2O3S. The summed E-state index contributed by atoms with van der Waals surface area (Å²) in [6.45, 7) is 2.21. The van der Waals surface area contributed by atoms with Crippen LogP contribution >= 0.6 is 0 Å². The maximum Gasteiger partial charge on any atom is 0.240 e. The molecule has 0 aliphatic heterocycles. The van der Waals surface area contributed by atoms with Crippen molar-refractivity contribution in [2.45, 2.75) is 43.5 Å². The molecule has 6 heteroatoms.